The highest BCUT2D eigenvalue weighted by molar-refractivity contribution is 14.2. The van der Waals surface area contributed by atoms with Gasteiger partial charge in [0.2, 0.25) is 0 Å². The van der Waals surface area contributed by atoms with Gasteiger partial charge >= 0.3 is 0 Å². The maximum atomic E-state index is 11.7. The van der Waals surface area contributed by atoms with Crippen LogP contribution in [-0.2, 0) is 10.0 Å². The van der Waals surface area contributed by atoms with Gasteiger partial charge in [-0.1, -0.05) is 37.8 Å². The summed E-state index contributed by atoms with van der Waals surface area (Å²) in [6, 6.07) is 10.4. The molecule has 0 fully saturated rings. The van der Waals surface area contributed by atoms with E-state index in [1.54, 1.807) is 0 Å². The predicted octanol–water partition coefficient (Wildman–Crippen LogP) is 3.68. The van der Waals surface area contributed by atoms with E-state index in [1.807, 2.05) is 30.3 Å². The summed E-state index contributed by atoms with van der Waals surface area (Å²) in [5, 5.41) is 0. The zero-order chi connectivity index (χ0) is 12.9. The highest BCUT2D eigenvalue weighted by atomic mass is 127. The Balaban J connectivity index is 2.65. The third kappa shape index (κ3) is 7.05. The van der Waals surface area contributed by atoms with E-state index in [4.69, 9.17) is 0 Å². The first-order valence-electron chi connectivity index (χ1n) is 5.43. The van der Waals surface area contributed by atoms with Crippen molar-refractivity contribution < 1.29 is 8.42 Å². The summed E-state index contributed by atoms with van der Waals surface area (Å²) in [6.45, 7) is 6.53. The molecule has 0 aromatic heterocycles. The summed E-state index contributed by atoms with van der Waals surface area (Å²) in [4.78, 5) is 0. The lowest BCUT2D eigenvalue weighted by molar-refractivity contribution is 0.600. The van der Waals surface area contributed by atoms with Crippen LogP contribution in [0.4, 0.5) is 0 Å². The van der Waals surface area contributed by atoms with E-state index in [2.05, 4.69) is 22.2 Å². The van der Waals surface area contributed by atoms with Crippen molar-refractivity contribution in [3.8, 4) is 0 Å². The number of benzene rings is 1. The van der Waals surface area contributed by atoms with E-state index in [0.717, 1.165) is 9.61 Å². The lowest BCUT2D eigenvalue weighted by Gasteiger charge is -2.13. The van der Waals surface area contributed by atoms with Crippen molar-refractivity contribution in [2.24, 2.45) is 2.55 Å². The van der Waals surface area contributed by atoms with Gasteiger partial charge in [-0.15, -0.1) is 2.55 Å². The van der Waals surface area contributed by atoms with Gasteiger partial charge in [0.1, 0.15) is 0 Å². The van der Waals surface area contributed by atoms with Crippen LogP contribution in [0.1, 0.15) is 0 Å². The molecule has 0 bridgehead atoms. The standard InChI is InChI=1S/C11H18INO2SSi/c1-17(2,3)10-9-16(14,15)13-12-11-7-5-4-6-8-11/h4-8H,9-10H2,1-3H3. The molecule has 0 amide bonds. The van der Waals surface area contributed by atoms with Gasteiger partial charge in [-0.2, -0.15) is 0 Å². The van der Waals surface area contributed by atoms with Crippen LogP contribution in [-0.4, -0.2) is 22.2 Å². The minimum Gasteiger partial charge on any atom is -0.204 e. The first-order valence-corrected chi connectivity index (χ1v) is 12.8. The highest BCUT2D eigenvalue weighted by Crippen LogP contribution is 2.18. The quantitative estimate of drug-likeness (QED) is 0.575. The molecule has 0 aliphatic heterocycles. The summed E-state index contributed by atoms with van der Waals surface area (Å²) in [6.07, 6.45) is 0. The molecule has 1 rings (SSSR count). The van der Waals surface area contributed by atoms with Crippen LogP contribution < -0.4 is 0 Å². The lowest BCUT2D eigenvalue weighted by atomic mass is 10.4. The number of hydrogen-bond donors (Lipinski definition) is 0. The molecule has 6 heteroatoms. The van der Waals surface area contributed by atoms with Crippen LogP contribution in [0.5, 0.6) is 0 Å². The van der Waals surface area contributed by atoms with Crippen LogP contribution in [0.25, 0.3) is 0 Å². The number of sulfonamides is 1. The van der Waals surface area contributed by atoms with Crippen molar-refractivity contribution in [3.05, 3.63) is 33.9 Å². The Hall–Kier alpha value is -0.0831. The number of hydrogen-bond acceptors (Lipinski definition) is 2. The Morgan fingerprint density at radius 2 is 1.76 bits per heavy atom. The van der Waals surface area contributed by atoms with Gasteiger partial charge in [0.25, 0.3) is 10.0 Å². The molecular formula is C11H18INO2SSi. The van der Waals surface area contributed by atoms with Crippen molar-refractivity contribution in [1.29, 1.82) is 0 Å². The molecule has 0 saturated carbocycles. The minimum atomic E-state index is -3.20. The van der Waals surface area contributed by atoms with E-state index < -0.39 is 39.1 Å². The Bertz CT molecular complexity index is 480. The molecule has 96 valence electrons. The Morgan fingerprint density at radius 1 is 1.18 bits per heavy atom. The molecule has 3 nitrogen and oxygen atoms in total. The van der Waals surface area contributed by atoms with Crippen LogP contribution in [0.3, 0.4) is 0 Å². The maximum Gasteiger partial charge on any atom is 0.257 e. The zero-order valence-corrected chi connectivity index (χ0v) is 14.3. The van der Waals surface area contributed by atoms with Crippen molar-refractivity contribution in [2.45, 2.75) is 25.7 Å². The highest BCUT2D eigenvalue weighted by Gasteiger charge is 2.17. The topological polar surface area (TPSA) is 46.5 Å². The number of rotatable bonds is 5. The van der Waals surface area contributed by atoms with Crippen LogP contribution in [0, 0.1) is 3.57 Å². The number of halogens is 1. The average Bonchev–Trinajstić information content (AvgIpc) is 2.25. The monoisotopic (exact) mass is 383 g/mol. The summed E-state index contributed by atoms with van der Waals surface area (Å²) in [7, 11) is -4.51. The second-order valence-corrected chi connectivity index (χ2v) is 15.3. The Kier molecular flexibility index (Phi) is 5.45. The molecule has 0 aliphatic carbocycles. The van der Waals surface area contributed by atoms with Crippen molar-refractivity contribution in [2.75, 3.05) is 5.75 Å². The second-order valence-electron chi connectivity index (χ2n) is 5.05. The Labute approximate surface area is 115 Å². The molecule has 0 spiro atoms. The van der Waals surface area contributed by atoms with Gasteiger partial charge in [-0.25, -0.2) is 8.42 Å². The summed E-state index contributed by atoms with van der Waals surface area (Å²) in [5.74, 6) is 0.218. The van der Waals surface area contributed by atoms with E-state index in [9.17, 15) is 8.42 Å². The molecule has 0 radical (unpaired) electrons. The molecule has 1 aromatic rings. The van der Waals surface area contributed by atoms with Gasteiger partial charge in [-0.05, 0) is 18.2 Å². The van der Waals surface area contributed by atoms with Gasteiger partial charge in [0.15, 0.2) is 0 Å². The zero-order valence-electron chi connectivity index (χ0n) is 10.4. The molecule has 0 atom stereocenters. The van der Waals surface area contributed by atoms with Crippen molar-refractivity contribution >= 4 is 39.1 Å². The van der Waals surface area contributed by atoms with E-state index in [1.165, 1.54) is 0 Å². The first-order chi connectivity index (χ1) is 7.79. The maximum absolute atomic E-state index is 11.7. The molecule has 0 aliphatic rings. The largest absolute Gasteiger partial charge is 0.257 e. The fourth-order valence-corrected chi connectivity index (χ4v) is 7.68. The van der Waals surface area contributed by atoms with Crippen LogP contribution >= 0.6 is 21.0 Å². The molecule has 0 heterocycles. The fourth-order valence-electron chi connectivity index (χ4n) is 1.03. The SMILES string of the molecule is C[Si](C)(C)CCS(=O)(=O)N=Ic1ccccc1. The van der Waals surface area contributed by atoms with Gasteiger partial charge < -0.3 is 0 Å². The van der Waals surface area contributed by atoms with Gasteiger partial charge in [-0.3, -0.25) is 0 Å². The molecule has 0 N–H and O–H groups in total. The van der Waals surface area contributed by atoms with E-state index >= 15 is 0 Å². The predicted molar refractivity (Wildman–Crippen MR) is 83.5 cm³/mol. The van der Waals surface area contributed by atoms with Gasteiger partial charge in [0, 0.05) is 32.7 Å². The van der Waals surface area contributed by atoms with Gasteiger partial charge in [0.05, 0.1) is 5.75 Å². The molecule has 1 aromatic carbocycles. The van der Waals surface area contributed by atoms with Crippen molar-refractivity contribution in [1.82, 2.24) is 0 Å². The normalized spacial score (nSPS) is 13.6. The second kappa shape index (κ2) is 6.19. The van der Waals surface area contributed by atoms with E-state index in [-0.39, 0.29) is 5.75 Å². The molecule has 0 saturated heterocycles. The smallest absolute Gasteiger partial charge is 0.204 e. The third-order valence-electron chi connectivity index (χ3n) is 2.08. The van der Waals surface area contributed by atoms with Crippen LogP contribution in [0.2, 0.25) is 25.7 Å². The fraction of sp³-hybridized carbons (Fsp3) is 0.455. The minimum absolute atomic E-state index is 0.218. The van der Waals surface area contributed by atoms with Crippen molar-refractivity contribution in [3.63, 3.8) is 0 Å². The van der Waals surface area contributed by atoms with Crippen LogP contribution in [0.15, 0.2) is 32.9 Å². The lowest BCUT2D eigenvalue weighted by Crippen LogP contribution is -2.23. The first kappa shape index (κ1) is 15.0. The summed E-state index contributed by atoms with van der Waals surface area (Å²) < 4.78 is 28.4. The molecule has 0 unspecified atom stereocenters. The van der Waals surface area contributed by atoms with E-state index in [0.29, 0.717) is 0 Å². The third-order valence-corrected chi connectivity index (χ3v) is 8.86. The Morgan fingerprint density at radius 3 is 2.29 bits per heavy atom. The number of nitrogens with zero attached hydrogens (tertiary/aromatic N) is 1. The summed E-state index contributed by atoms with van der Waals surface area (Å²) in [5.41, 5.74) is 0. The summed E-state index contributed by atoms with van der Waals surface area (Å²) >= 11 is -0.760. The molecule has 17 heavy (non-hydrogen) atoms. The molecular weight excluding hydrogens is 365 g/mol. The average molecular weight is 383 g/mol.